The third kappa shape index (κ3) is 4.70. The van der Waals surface area contributed by atoms with Gasteiger partial charge in [-0.15, -0.1) is 0 Å². The average Bonchev–Trinajstić information content (AvgIpc) is 3.12. The maximum absolute atomic E-state index is 12.1. The molecule has 0 saturated carbocycles. The lowest BCUT2D eigenvalue weighted by atomic mass is 10.2. The monoisotopic (exact) mass is 432 g/mol. The van der Waals surface area contributed by atoms with E-state index >= 15 is 0 Å². The first-order chi connectivity index (χ1) is 12.5. The standard InChI is InChI=1S/C18H17BrN4O2S/c1-3-15-22-18(25-23-15)12-5-7-17(20-9-12)26-10-16(24)21-14-6-4-11(2)8-13(14)19/h4-9H,3,10H2,1-2H3,(H,21,24). The number of carbonyl (C=O) groups is 1. The minimum atomic E-state index is -0.0880. The number of benzene rings is 1. The summed E-state index contributed by atoms with van der Waals surface area (Å²) in [7, 11) is 0. The second kappa shape index (κ2) is 8.46. The molecule has 2 aromatic heterocycles. The molecule has 1 aromatic carbocycles. The molecule has 1 amide bonds. The summed E-state index contributed by atoms with van der Waals surface area (Å²) >= 11 is 4.82. The number of hydrogen-bond donors (Lipinski definition) is 1. The molecule has 6 nitrogen and oxygen atoms in total. The lowest BCUT2D eigenvalue weighted by molar-refractivity contribution is -0.113. The fourth-order valence-electron chi connectivity index (χ4n) is 2.15. The molecule has 134 valence electrons. The molecule has 0 fully saturated rings. The Morgan fingerprint density at radius 3 is 2.81 bits per heavy atom. The molecule has 0 spiro atoms. The number of thioether (sulfide) groups is 1. The van der Waals surface area contributed by atoms with Crippen molar-refractivity contribution in [2.45, 2.75) is 25.3 Å². The van der Waals surface area contributed by atoms with Gasteiger partial charge in [-0.05, 0) is 52.7 Å². The predicted molar refractivity (Wildman–Crippen MR) is 105 cm³/mol. The Bertz CT molecular complexity index is 912. The lowest BCUT2D eigenvalue weighted by Gasteiger charge is -2.08. The van der Waals surface area contributed by atoms with E-state index in [-0.39, 0.29) is 11.7 Å². The van der Waals surface area contributed by atoms with E-state index in [2.05, 4.69) is 36.4 Å². The van der Waals surface area contributed by atoms with Crippen molar-refractivity contribution in [2.75, 3.05) is 11.1 Å². The van der Waals surface area contributed by atoms with Gasteiger partial charge < -0.3 is 9.84 Å². The Morgan fingerprint density at radius 2 is 2.15 bits per heavy atom. The third-order valence-corrected chi connectivity index (χ3v) is 5.12. The van der Waals surface area contributed by atoms with Gasteiger partial charge in [0.1, 0.15) is 0 Å². The Morgan fingerprint density at radius 1 is 1.31 bits per heavy atom. The van der Waals surface area contributed by atoms with E-state index in [1.165, 1.54) is 11.8 Å². The number of pyridine rings is 1. The molecule has 0 unspecified atom stereocenters. The molecule has 3 aromatic rings. The Hall–Kier alpha value is -2.19. The first kappa shape index (κ1) is 18.6. The molecule has 0 aliphatic carbocycles. The van der Waals surface area contributed by atoms with Gasteiger partial charge in [-0.2, -0.15) is 4.98 Å². The molecule has 2 heterocycles. The summed E-state index contributed by atoms with van der Waals surface area (Å²) < 4.78 is 6.05. The van der Waals surface area contributed by atoms with Crippen LogP contribution in [-0.4, -0.2) is 26.8 Å². The summed E-state index contributed by atoms with van der Waals surface area (Å²) in [4.78, 5) is 20.7. The van der Waals surface area contributed by atoms with Gasteiger partial charge in [0.2, 0.25) is 5.91 Å². The van der Waals surface area contributed by atoms with Crippen molar-refractivity contribution in [3.63, 3.8) is 0 Å². The summed E-state index contributed by atoms with van der Waals surface area (Å²) in [5.41, 5.74) is 2.64. The molecule has 1 N–H and O–H groups in total. The fourth-order valence-corrected chi connectivity index (χ4v) is 3.39. The van der Waals surface area contributed by atoms with Crippen molar-refractivity contribution in [3.05, 3.63) is 52.4 Å². The molecule has 0 aliphatic heterocycles. The number of nitrogens with zero attached hydrogens (tertiary/aromatic N) is 3. The number of amides is 1. The lowest BCUT2D eigenvalue weighted by Crippen LogP contribution is -2.14. The van der Waals surface area contributed by atoms with Gasteiger partial charge in [0, 0.05) is 17.1 Å². The first-order valence-corrected chi connectivity index (χ1v) is 9.81. The number of aryl methyl sites for hydroxylation is 2. The molecule has 0 saturated heterocycles. The number of aromatic nitrogens is 3. The minimum Gasteiger partial charge on any atom is -0.334 e. The van der Waals surface area contributed by atoms with Crippen molar-refractivity contribution in [1.29, 1.82) is 0 Å². The van der Waals surface area contributed by atoms with Gasteiger partial charge in [-0.25, -0.2) is 4.98 Å². The number of carbonyl (C=O) groups excluding carboxylic acids is 1. The smallest absolute Gasteiger partial charge is 0.259 e. The highest BCUT2D eigenvalue weighted by atomic mass is 79.9. The maximum atomic E-state index is 12.1. The molecule has 8 heteroatoms. The highest BCUT2D eigenvalue weighted by Crippen LogP contribution is 2.24. The number of anilines is 1. The summed E-state index contributed by atoms with van der Waals surface area (Å²) in [6, 6.07) is 9.49. The van der Waals surface area contributed by atoms with E-state index in [1.54, 1.807) is 6.20 Å². The fraction of sp³-hybridized carbons (Fsp3) is 0.222. The number of nitrogens with one attached hydrogen (secondary N) is 1. The van der Waals surface area contributed by atoms with Crippen LogP contribution in [0.15, 0.2) is 50.6 Å². The van der Waals surface area contributed by atoms with Crippen molar-refractivity contribution in [3.8, 4) is 11.5 Å². The van der Waals surface area contributed by atoms with E-state index in [4.69, 9.17) is 4.52 Å². The maximum Gasteiger partial charge on any atom is 0.259 e. The van der Waals surface area contributed by atoms with Crippen molar-refractivity contribution in [1.82, 2.24) is 15.1 Å². The number of hydrogen-bond acceptors (Lipinski definition) is 6. The zero-order valence-corrected chi connectivity index (χ0v) is 16.7. The summed E-state index contributed by atoms with van der Waals surface area (Å²) in [5, 5.41) is 7.51. The van der Waals surface area contributed by atoms with Gasteiger partial charge in [0.25, 0.3) is 5.89 Å². The van der Waals surface area contributed by atoms with Crippen LogP contribution in [0.2, 0.25) is 0 Å². The van der Waals surface area contributed by atoms with Crippen LogP contribution in [0.3, 0.4) is 0 Å². The van der Waals surface area contributed by atoms with Gasteiger partial charge in [0.05, 0.1) is 22.0 Å². The van der Waals surface area contributed by atoms with Crippen LogP contribution in [-0.2, 0) is 11.2 Å². The van der Waals surface area contributed by atoms with E-state index in [0.29, 0.717) is 11.7 Å². The van der Waals surface area contributed by atoms with Crippen molar-refractivity contribution < 1.29 is 9.32 Å². The Kier molecular flexibility index (Phi) is 6.05. The van der Waals surface area contributed by atoms with Gasteiger partial charge >= 0.3 is 0 Å². The van der Waals surface area contributed by atoms with Crippen molar-refractivity contribution >= 4 is 39.3 Å². The molecule has 0 aliphatic rings. The zero-order valence-electron chi connectivity index (χ0n) is 14.3. The highest BCUT2D eigenvalue weighted by Gasteiger charge is 2.10. The molecule has 0 radical (unpaired) electrons. The minimum absolute atomic E-state index is 0.0880. The zero-order chi connectivity index (χ0) is 18.5. The van der Waals surface area contributed by atoms with E-state index in [1.807, 2.05) is 44.2 Å². The first-order valence-electron chi connectivity index (χ1n) is 8.03. The van der Waals surface area contributed by atoms with Crippen LogP contribution in [0.4, 0.5) is 5.69 Å². The summed E-state index contributed by atoms with van der Waals surface area (Å²) in [6.45, 7) is 3.96. The quantitative estimate of drug-likeness (QED) is 0.577. The Balaban J connectivity index is 1.56. The van der Waals surface area contributed by atoms with Crippen molar-refractivity contribution in [2.24, 2.45) is 0 Å². The van der Waals surface area contributed by atoms with E-state index < -0.39 is 0 Å². The van der Waals surface area contributed by atoms with Crippen LogP contribution in [0.1, 0.15) is 18.3 Å². The highest BCUT2D eigenvalue weighted by molar-refractivity contribution is 9.10. The molecule has 0 atom stereocenters. The normalized spacial score (nSPS) is 10.7. The van der Waals surface area contributed by atoms with Crippen LogP contribution in [0.5, 0.6) is 0 Å². The predicted octanol–water partition coefficient (Wildman–Crippen LogP) is 4.50. The van der Waals surface area contributed by atoms with Gasteiger partial charge in [0.15, 0.2) is 5.82 Å². The third-order valence-electron chi connectivity index (χ3n) is 3.52. The van der Waals surface area contributed by atoms with Crippen LogP contribution in [0.25, 0.3) is 11.5 Å². The SMILES string of the molecule is CCc1noc(-c2ccc(SCC(=O)Nc3ccc(C)cc3Br)nc2)n1. The number of halogens is 1. The molecular weight excluding hydrogens is 416 g/mol. The number of rotatable bonds is 6. The summed E-state index contributed by atoms with van der Waals surface area (Å²) in [6.07, 6.45) is 2.39. The second-order valence-electron chi connectivity index (χ2n) is 5.57. The van der Waals surface area contributed by atoms with E-state index in [9.17, 15) is 4.79 Å². The average molecular weight is 433 g/mol. The second-order valence-corrected chi connectivity index (χ2v) is 7.42. The van der Waals surface area contributed by atoms with Crippen LogP contribution in [0, 0.1) is 6.92 Å². The van der Waals surface area contributed by atoms with Crippen LogP contribution >= 0.6 is 27.7 Å². The molecule has 26 heavy (non-hydrogen) atoms. The topological polar surface area (TPSA) is 80.9 Å². The Labute approximate surface area is 163 Å². The molecule has 3 rings (SSSR count). The van der Waals surface area contributed by atoms with E-state index in [0.717, 1.165) is 32.7 Å². The summed E-state index contributed by atoms with van der Waals surface area (Å²) in [5.74, 6) is 1.30. The van der Waals surface area contributed by atoms with Gasteiger partial charge in [-0.3, -0.25) is 4.79 Å². The van der Waals surface area contributed by atoms with Crippen LogP contribution < -0.4 is 5.32 Å². The van der Waals surface area contributed by atoms with Gasteiger partial charge in [-0.1, -0.05) is 29.9 Å². The molecular formula is C18H17BrN4O2S. The largest absolute Gasteiger partial charge is 0.334 e. The molecule has 0 bridgehead atoms.